The van der Waals surface area contributed by atoms with Crippen molar-refractivity contribution in [1.29, 1.82) is 0 Å². The summed E-state index contributed by atoms with van der Waals surface area (Å²) in [5, 5.41) is 14.0. The van der Waals surface area contributed by atoms with Crippen LogP contribution in [0.4, 0.5) is 0 Å². The van der Waals surface area contributed by atoms with Crippen molar-refractivity contribution >= 4 is 21.7 Å². The molecule has 2 atom stereocenters. The average molecular weight is 364 g/mol. The number of hydrogen-bond acceptors (Lipinski definition) is 4. The van der Waals surface area contributed by atoms with E-state index in [1.165, 1.54) is 12.1 Å². The molecule has 2 aliphatic carbocycles. The van der Waals surface area contributed by atoms with Gasteiger partial charge in [0.1, 0.15) is 0 Å². The second-order valence-corrected chi connectivity index (χ2v) is 9.65. The van der Waals surface area contributed by atoms with E-state index in [1.807, 2.05) is 27.7 Å². The highest BCUT2D eigenvalue weighted by atomic mass is 32.2. The molecule has 136 valence electrons. The minimum absolute atomic E-state index is 0.142. The van der Waals surface area contributed by atoms with E-state index >= 15 is 0 Å². The van der Waals surface area contributed by atoms with Crippen molar-refractivity contribution in [3.05, 3.63) is 29.8 Å². The Hall–Kier alpha value is -1.89. The molecular formula is C18H24N2O4S. The third-order valence-electron chi connectivity index (χ3n) is 6.78. The lowest BCUT2D eigenvalue weighted by atomic mass is 9.65. The Bertz CT molecular complexity index is 858. The van der Waals surface area contributed by atoms with E-state index in [2.05, 4.69) is 9.93 Å². The fourth-order valence-electron chi connectivity index (χ4n) is 4.41. The van der Waals surface area contributed by atoms with Gasteiger partial charge in [0.25, 0.3) is 10.0 Å². The molecular weight excluding hydrogens is 340 g/mol. The van der Waals surface area contributed by atoms with Crippen LogP contribution in [0.2, 0.25) is 0 Å². The van der Waals surface area contributed by atoms with Gasteiger partial charge in [-0.2, -0.15) is 13.5 Å². The van der Waals surface area contributed by atoms with E-state index in [0.29, 0.717) is 18.6 Å². The number of nitrogens with zero attached hydrogens (tertiary/aromatic N) is 1. The zero-order chi connectivity index (χ0) is 18.7. The standard InChI is InChI=1S/C18H24N2O4S/c1-12-5-7-13(8-6-12)25(23,24)20-19-14-11-18(15(21)22)10-9-17(14,4)16(18,2)3/h5-8,20H,9-11H2,1-4H3,(H,21,22). The minimum atomic E-state index is -3.77. The predicted octanol–water partition coefficient (Wildman–Crippen LogP) is 2.93. The molecule has 2 fully saturated rings. The molecule has 0 aliphatic heterocycles. The van der Waals surface area contributed by atoms with Crippen LogP contribution in [0.5, 0.6) is 0 Å². The molecule has 0 saturated heterocycles. The quantitative estimate of drug-likeness (QED) is 0.803. The average Bonchev–Trinajstić information content (AvgIpc) is 2.84. The van der Waals surface area contributed by atoms with Crippen LogP contribution in [0.1, 0.15) is 45.6 Å². The summed E-state index contributed by atoms with van der Waals surface area (Å²) in [5.41, 5.74) is -0.199. The van der Waals surface area contributed by atoms with Crippen LogP contribution in [-0.4, -0.2) is 25.2 Å². The second kappa shape index (κ2) is 5.30. The minimum Gasteiger partial charge on any atom is -0.481 e. The molecule has 0 amide bonds. The molecule has 7 heteroatoms. The first-order valence-corrected chi connectivity index (χ1v) is 9.84. The van der Waals surface area contributed by atoms with Crippen molar-refractivity contribution in [1.82, 2.24) is 4.83 Å². The lowest BCUT2D eigenvalue weighted by Gasteiger charge is -2.37. The van der Waals surface area contributed by atoms with E-state index in [1.54, 1.807) is 12.1 Å². The maximum absolute atomic E-state index is 12.5. The van der Waals surface area contributed by atoms with Gasteiger partial charge in [-0.15, -0.1) is 0 Å². The van der Waals surface area contributed by atoms with Gasteiger partial charge in [0.15, 0.2) is 0 Å². The first-order chi connectivity index (χ1) is 11.5. The van der Waals surface area contributed by atoms with Crippen LogP contribution in [-0.2, 0) is 14.8 Å². The number of fused-ring (bicyclic) bond motifs is 2. The topological polar surface area (TPSA) is 95.8 Å². The molecule has 2 unspecified atom stereocenters. The monoisotopic (exact) mass is 364 g/mol. The lowest BCUT2D eigenvalue weighted by Crippen LogP contribution is -2.40. The summed E-state index contributed by atoms with van der Waals surface area (Å²) < 4.78 is 24.9. The third-order valence-corrected chi connectivity index (χ3v) is 8.00. The maximum atomic E-state index is 12.5. The van der Waals surface area contributed by atoms with Gasteiger partial charge in [-0.05, 0) is 37.3 Å². The number of carboxylic acid groups (broad SMARTS) is 1. The number of hydrazone groups is 1. The van der Waals surface area contributed by atoms with Gasteiger partial charge in [0.05, 0.1) is 10.3 Å². The van der Waals surface area contributed by atoms with Gasteiger partial charge in [-0.1, -0.05) is 38.5 Å². The Morgan fingerprint density at radius 2 is 1.76 bits per heavy atom. The van der Waals surface area contributed by atoms with Crippen LogP contribution in [0.3, 0.4) is 0 Å². The van der Waals surface area contributed by atoms with Crippen LogP contribution in [0.25, 0.3) is 0 Å². The number of aliphatic carboxylic acids is 1. The summed E-state index contributed by atoms with van der Waals surface area (Å²) in [6.07, 6.45) is 1.56. The Morgan fingerprint density at radius 3 is 2.28 bits per heavy atom. The second-order valence-electron chi connectivity index (χ2n) is 7.99. The third kappa shape index (κ3) is 2.32. The van der Waals surface area contributed by atoms with Crippen molar-refractivity contribution in [2.75, 3.05) is 0 Å². The van der Waals surface area contributed by atoms with Crippen LogP contribution in [0, 0.1) is 23.2 Å². The number of aryl methyl sites for hydroxylation is 1. The van der Waals surface area contributed by atoms with E-state index in [-0.39, 0.29) is 11.3 Å². The highest BCUT2D eigenvalue weighted by Gasteiger charge is 2.71. The van der Waals surface area contributed by atoms with Gasteiger partial charge in [0.2, 0.25) is 0 Å². The molecule has 0 spiro atoms. The number of nitrogens with one attached hydrogen (secondary N) is 1. The highest BCUT2D eigenvalue weighted by molar-refractivity contribution is 7.89. The predicted molar refractivity (Wildman–Crippen MR) is 94.7 cm³/mol. The molecule has 3 rings (SSSR count). The zero-order valence-electron chi connectivity index (χ0n) is 15.0. The Balaban J connectivity index is 1.93. The van der Waals surface area contributed by atoms with Crippen LogP contribution < -0.4 is 4.83 Å². The van der Waals surface area contributed by atoms with Crippen molar-refractivity contribution in [3.8, 4) is 0 Å². The van der Waals surface area contributed by atoms with Crippen molar-refractivity contribution in [2.24, 2.45) is 21.3 Å². The molecule has 2 saturated carbocycles. The summed E-state index contributed by atoms with van der Waals surface area (Å²) >= 11 is 0. The van der Waals surface area contributed by atoms with E-state index < -0.39 is 32.2 Å². The molecule has 0 aromatic heterocycles. The van der Waals surface area contributed by atoms with Crippen LogP contribution in [0.15, 0.2) is 34.3 Å². The summed E-state index contributed by atoms with van der Waals surface area (Å²) in [6.45, 7) is 7.77. The number of sulfonamides is 1. The molecule has 0 heterocycles. The van der Waals surface area contributed by atoms with Crippen LogP contribution >= 0.6 is 0 Å². The zero-order valence-corrected chi connectivity index (χ0v) is 15.8. The molecule has 1 aromatic carbocycles. The first kappa shape index (κ1) is 17.9. The largest absolute Gasteiger partial charge is 0.481 e. The Kier molecular flexibility index (Phi) is 3.80. The van der Waals surface area contributed by atoms with E-state index in [0.717, 1.165) is 5.56 Å². The fraction of sp³-hybridized carbons (Fsp3) is 0.556. The van der Waals surface area contributed by atoms with Crippen molar-refractivity contribution in [3.63, 3.8) is 0 Å². The SMILES string of the molecule is Cc1ccc(S(=O)(=O)NN=C2CC3(C(=O)O)CCC2(C)C3(C)C)cc1. The first-order valence-electron chi connectivity index (χ1n) is 8.35. The van der Waals surface area contributed by atoms with Crippen molar-refractivity contribution in [2.45, 2.75) is 51.9 Å². The smallest absolute Gasteiger partial charge is 0.310 e. The molecule has 0 radical (unpaired) electrons. The van der Waals surface area contributed by atoms with E-state index in [9.17, 15) is 18.3 Å². The Morgan fingerprint density at radius 1 is 1.16 bits per heavy atom. The summed E-state index contributed by atoms with van der Waals surface area (Å²) in [5.74, 6) is -0.826. The molecule has 1 aromatic rings. The number of rotatable bonds is 4. The molecule has 6 nitrogen and oxygen atoms in total. The number of benzene rings is 1. The number of carboxylic acids is 1. The molecule has 2 bridgehead atoms. The summed E-state index contributed by atoms with van der Waals surface area (Å²) in [4.78, 5) is 14.4. The molecule has 2 N–H and O–H groups in total. The normalized spacial score (nSPS) is 32.1. The maximum Gasteiger partial charge on any atom is 0.310 e. The van der Waals surface area contributed by atoms with Gasteiger partial charge in [-0.3, -0.25) is 4.79 Å². The molecule has 25 heavy (non-hydrogen) atoms. The van der Waals surface area contributed by atoms with Crippen molar-refractivity contribution < 1.29 is 18.3 Å². The van der Waals surface area contributed by atoms with Gasteiger partial charge in [-0.25, -0.2) is 4.83 Å². The van der Waals surface area contributed by atoms with E-state index in [4.69, 9.17) is 0 Å². The summed E-state index contributed by atoms with van der Waals surface area (Å²) in [7, 11) is -3.77. The highest BCUT2D eigenvalue weighted by Crippen LogP contribution is 2.70. The fourth-order valence-corrected chi connectivity index (χ4v) is 5.24. The Labute approximate surface area is 148 Å². The summed E-state index contributed by atoms with van der Waals surface area (Å²) in [6, 6.07) is 6.51. The number of hydrogen-bond donors (Lipinski definition) is 2. The lowest BCUT2D eigenvalue weighted by molar-refractivity contribution is -0.154. The molecule has 2 aliphatic rings. The van der Waals surface area contributed by atoms with Gasteiger partial charge >= 0.3 is 5.97 Å². The van der Waals surface area contributed by atoms with Gasteiger partial charge < -0.3 is 5.11 Å². The van der Waals surface area contributed by atoms with Gasteiger partial charge in [0, 0.05) is 17.5 Å². The number of carbonyl (C=O) groups is 1.